The molecule has 0 fully saturated rings. The highest BCUT2D eigenvalue weighted by Gasteiger charge is 2.40. The zero-order valence-corrected chi connectivity index (χ0v) is 25.7. The molecule has 0 N–H and O–H groups in total. The van der Waals surface area contributed by atoms with Crippen molar-refractivity contribution in [2.45, 2.75) is 30.6 Å². The van der Waals surface area contributed by atoms with E-state index in [0.717, 1.165) is 12.2 Å². The maximum atomic E-state index is 13.4. The molecule has 0 saturated heterocycles. The van der Waals surface area contributed by atoms with Crippen molar-refractivity contribution in [3.63, 3.8) is 0 Å². The maximum Gasteiger partial charge on any atom is 0.315 e. The first-order chi connectivity index (χ1) is 17.8. The van der Waals surface area contributed by atoms with Gasteiger partial charge >= 0.3 is 5.97 Å². The van der Waals surface area contributed by atoms with Gasteiger partial charge in [-0.05, 0) is 12.2 Å². The van der Waals surface area contributed by atoms with Crippen LogP contribution in [-0.2, 0) is 14.4 Å². The number of carbonyl (C=O) groups excluding carboxylic acids is 5. The molecule has 1 aliphatic carbocycles. The highest BCUT2D eigenvalue weighted by atomic mass is 35.6. The van der Waals surface area contributed by atoms with Crippen molar-refractivity contribution in [3.05, 3.63) is 47.5 Å². The highest BCUT2D eigenvalue weighted by molar-refractivity contribution is 6.69. The number of halogens is 9. The van der Waals surface area contributed by atoms with E-state index in [9.17, 15) is 24.0 Å². The molecule has 0 atom stereocenters. The molecule has 0 spiro atoms. The Balaban J connectivity index is 2.42. The van der Waals surface area contributed by atoms with Crippen LogP contribution in [0.25, 0.3) is 10.8 Å². The number of hydrogen-bond donors (Lipinski definition) is 0. The molecule has 0 unspecified atom stereocenters. The number of ether oxygens (including phenoxy) is 1. The molecular weight excluding hydrogens is 705 g/mol. The Hall–Kier alpha value is -1.00. The molecule has 0 heterocycles. The van der Waals surface area contributed by atoms with Crippen molar-refractivity contribution in [2.75, 3.05) is 4.90 Å². The van der Waals surface area contributed by atoms with Crippen molar-refractivity contribution in [1.29, 1.82) is 0 Å². The molecule has 7 nitrogen and oxygen atoms in total. The topological polar surface area (TPSA) is 97.8 Å². The predicted molar refractivity (Wildman–Crippen MR) is 155 cm³/mol. The molecule has 0 aromatic heterocycles. The summed E-state index contributed by atoms with van der Waals surface area (Å²) in [5.74, 6) is -5.24. The quantitative estimate of drug-likeness (QED) is 0.178. The zero-order chi connectivity index (χ0) is 29.5. The molecule has 16 heteroatoms. The lowest BCUT2D eigenvalue weighted by Crippen LogP contribution is -2.42. The predicted octanol–water partition coefficient (Wildman–Crippen LogP) is 7.82. The number of rotatable bonds is 5. The molecule has 208 valence electrons. The van der Waals surface area contributed by atoms with Crippen molar-refractivity contribution < 1.29 is 28.7 Å². The van der Waals surface area contributed by atoms with Gasteiger partial charge in [-0.2, -0.15) is 0 Å². The summed E-state index contributed by atoms with van der Waals surface area (Å²) in [4.78, 5) is 66.3. The summed E-state index contributed by atoms with van der Waals surface area (Å²) in [6, 6.07) is 5.80. The van der Waals surface area contributed by atoms with E-state index in [1.165, 1.54) is 24.3 Å². The number of imide groups is 1. The minimum atomic E-state index is -2.17. The van der Waals surface area contributed by atoms with Gasteiger partial charge in [0.25, 0.3) is 0 Å². The second-order valence-electron chi connectivity index (χ2n) is 8.01. The third-order valence-electron chi connectivity index (χ3n) is 5.01. The Bertz CT molecular complexity index is 1390. The van der Waals surface area contributed by atoms with Crippen molar-refractivity contribution in [1.82, 2.24) is 0 Å². The molecule has 2 aromatic carbocycles. The van der Waals surface area contributed by atoms with Gasteiger partial charge in [0.15, 0.2) is 24.9 Å². The molecule has 0 saturated carbocycles. The summed E-state index contributed by atoms with van der Waals surface area (Å²) in [6.45, 7) is 0. The van der Waals surface area contributed by atoms with Crippen LogP contribution >= 0.6 is 104 Å². The Morgan fingerprint density at radius 3 is 1.56 bits per heavy atom. The molecule has 2 amide bonds. The minimum Gasteiger partial charge on any atom is -0.425 e. The normalized spacial score (nSPS) is 13.9. The van der Waals surface area contributed by atoms with E-state index in [-0.39, 0.29) is 22.2 Å². The number of esters is 1. The fourth-order valence-corrected chi connectivity index (χ4v) is 4.74. The van der Waals surface area contributed by atoms with Crippen LogP contribution < -0.4 is 9.64 Å². The van der Waals surface area contributed by atoms with Crippen molar-refractivity contribution >= 4 is 150 Å². The van der Waals surface area contributed by atoms with Crippen LogP contribution in [0.15, 0.2) is 36.4 Å². The molecule has 0 radical (unpaired) electrons. The first-order valence-electron chi connectivity index (χ1n) is 10.4. The van der Waals surface area contributed by atoms with Crippen LogP contribution in [0.4, 0.5) is 5.69 Å². The van der Waals surface area contributed by atoms with E-state index in [1.54, 1.807) is 0 Å². The molecule has 2 aromatic rings. The van der Waals surface area contributed by atoms with Crippen LogP contribution in [0.2, 0.25) is 0 Å². The van der Waals surface area contributed by atoms with Crippen LogP contribution in [0.5, 0.6) is 5.75 Å². The minimum absolute atomic E-state index is 0.0136. The number of alkyl halides is 9. The number of hydrogen-bond acceptors (Lipinski definition) is 6. The Morgan fingerprint density at radius 1 is 0.667 bits per heavy atom. The lowest BCUT2D eigenvalue weighted by molar-refractivity contribution is -0.134. The number of allylic oxidation sites excluding steroid dienone is 2. The Kier molecular flexibility index (Phi) is 10.1. The van der Waals surface area contributed by atoms with E-state index < -0.39 is 71.1 Å². The largest absolute Gasteiger partial charge is 0.425 e. The van der Waals surface area contributed by atoms with Crippen LogP contribution in [0.3, 0.4) is 0 Å². The van der Waals surface area contributed by atoms with E-state index in [2.05, 4.69) is 0 Å². The molecular formula is C23H12Cl9NO6. The summed E-state index contributed by atoms with van der Waals surface area (Å²) < 4.78 is -0.945. The average Bonchev–Trinajstić information content (AvgIpc) is 2.74. The number of fused-ring (bicyclic) bond motifs is 2. The fraction of sp³-hybridized carbons (Fsp3) is 0.261. The summed E-state index contributed by atoms with van der Waals surface area (Å²) in [7, 11) is 0. The number of carbonyl (C=O) groups is 5. The van der Waals surface area contributed by atoms with Gasteiger partial charge in [0.05, 0.1) is 36.1 Å². The summed E-state index contributed by atoms with van der Waals surface area (Å²) in [5, 5.41) is 0.0495. The second kappa shape index (κ2) is 12.1. The lowest BCUT2D eigenvalue weighted by Gasteiger charge is -2.29. The average molecular weight is 717 g/mol. The number of benzene rings is 2. The van der Waals surface area contributed by atoms with Crippen LogP contribution in [0.1, 0.15) is 40.0 Å². The molecule has 1 aliphatic rings. The van der Waals surface area contributed by atoms with Crippen molar-refractivity contribution in [3.8, 4) is 5.75 Å². The first kappa shape index (κ1) is 32.5. The standard InChI is InChI=1S/C23H12Cl9NO6/c24-21(25,26)7-14(36)33(15(37)8-22(27,28)29)19-10-3-1-2-4-11(10)20(39-16(38)9-23(30,31)32)18-13(35)6-5-12(34)17(18)19/h1-6H,7-9H2. The van der Waals surface area contributed by atoms with Gasteiger partial charge in [-0.15, -0.1) is 0 Å². The van der Waals surface area contributed by atoms with E-state index in [1.807, 2.05) is 0 Å². The van der Waals surface area contributed by atoms with Crippen LogP contribution in [-0.4, -0.2) is 40.7 Å². The lowest BCUT2D eigenvalue weighted by atomic mass is 9.87. The first-order valence-corrected chi connectivity index (χ1v) is 13.8. The van der Waals surface area contributed by atoms with Gasteiger partial charge < -0.3 is 4.74 Å². The smallest absolute Gasteiger partial charge is 0.315 e. The van der Waals surface area contributed by atoms with Crippen LogP contribution in [0, 0.1) is 0 Å². The number of nitrogens with zero attached hydrogens (tertiary/aromatic N) is 1. The number of anilines is 1. The van der Waals surface area contributed by atoms with E-state index >= 15 is 0 Å². The van der Waals surface area contributed by atoms with Gasteiger partial charge in [-0.3, -0.25) is 24.0 Å². The third-order valence-corrected chi connectivity index (χ3v) is 6.21. The van der Waals surface area contributed by atoms with Gasteiger partial charge in [-0.1, -0.05) is 129 Å². The maximum absolute atomic E-state index is 13.4. The summed E-state index contributed by atoms with van der Waals surface area (Å²) >= 11 is 52.0. The van der Waals surface area contributed by atoms with E-state index in [0.29, 0.717) is 4.90 Å². The SMILES string of the molecule is O=C(CC(Cl)(Cl)Cl)Oc1c2c(c(N(C(=O)CC(Cl)(Cl)Cl)C(=O)CC(Cl)(Cl)Cl)c3ccccc13)C(=O)C=CC2=O. The molecule has 0 bridgehead atoms. The number of amides is 2. The number of ketones is 2. The zero-order valence-electron chi connectivity index (χ0n) is 18.9. The van der Waals surface area contributed by atoms with Gasteiger partial charge in [-0.25, -0.2) is 4.90 Å². The highest BCUT2D eigenvalue weighted by Crippen LogP contribution is 2.45. The Morgan fingerprint density at radius 2 is 1.10 bits per heavy atom. The third kappa shape index (κ3) is 8.28. The summed E-state index contributed by atoms with van der Waals surface area (Å²) in [5.41, 5.74) is -1.28. The molecule has 0 aliphatic heterocycles. The van der Waals surface area contributed by atoms with Crippen molar-refractivity contribution in [2.24, 2.45) is 0 Å². The second-order valence-corrected chi connectivity index (χ2v) is 15.6. The van der Waals surface area contributed by atoms with Gasteiger partial charge in [0.1, 0.15) is 0 Å². The molecule has 3 rings (SSSR count). The Labute approximate surface area is 266 Å². The van der Waals surface area contributed by atoms with Gasteiger partial charge in [0.2, 0.25) is 15.6 Å². The molecule has 39 heavy (non-hydrogen) atoms. The monoisotopic (exact) mass is 713 g/mol. The van der Waals surface area contributed by atoms with Gasteiger partial charge in [0, 0.05) is 10.8 Å². The van der Waals surface area contributed by atoms with E-state index in [4.69, 9.17) is 109 Å². The fourth-order valence-electron chi connectivity index (χ4n) is 3.72. The summed E-state index contributed by atoms with van der Waals surface area (Å²) in [6.07, 6.45) is -0.566.